The zero-order chi connectivity index (χ0) is 15.0. The molecule has 0 bridgehead atoms. The topological polar surface area (TPSA) is 81.4 Å². The number of carbonyl (C=O) groups is 2. The second-order valence-electron chi connectivity index (χ2n) is 4.91. The lowest BCUT2D eigenvalue weighted by Gasteiger charge is -2.23. The number of hydrogen-bond acceptors (Lipinski definition) is 4. The minimum absolute atomic E-state index is 0.155. The Kier molecular flexibility index (Phi) is 3.10. The van der Waals surface area contributed by atoms with Crippen LogP contribution in [0.4, 0.5) is 11.4 Å². The molecule has 1 aliphatic heterocycles. The van der Waals surface area contributed by atoms with Crippen LogP contribution >= 0.6 is 0 Å². The summed E-state index contributed by atoms with van der Waals surface area (Å²) in [7, 11) is 0. The predicted octanol–water partition coefficient (Wildman–Crippen LogP) is 2.22. The highest BCUT2D eigenvalue weighted by Crippen LogP contribution is 2.31. The van der Waals surface area contributed by atoms with Crippen molar-refractivity contribution in [3.05, 3.63) is 53.6 Å². The smallest absolute Gasteiger partial charge is 0.265 e. The minimum Gasteiger partial charge on any atom is -0.479 e. The van der Waals surface area contributed by atoms with Crippen molar-refractivity contribution in [2.75, 3.05) is 11.1 Å². The molecule has 3 rings (SSSR count). The third kappa shape index (κ3) is 2.45. The fraction of sp³-hybridized carbons (Fsp3) is 0.125. The second-order valence-corrected chi connectivity index (χ2v) is 4.91. The number of nitrogen functional groups attached to an aromatic ring is 1. The van der Waals surface area contributed by atoms with Crippen LogP contribution in [-0.2, 0) is 4.79 Å². The molecule has 1 unspecified atom stereocenters. The second kappa shape index (κ2) is 4.94. The van der Waals surface area contributed by atoms with Crippen LogP contribution in [0.25, 0.3) is 0 Å². The summed E-state index contributed by atoms with van der Waals surface area (Å²) >= 11 is 0. The summed E-state index contributed by atoms with van der Waals surface area (Å²) in [4.78, 5) is 24.0. The third-order valence-corrected chi connectivity index (χ3v) is 3.32. The first-order valence-corrected chi connectivity index (χ1v) is 6.56. The quantitative estimate of drug-likeness (QED) is 0.653. The van der Waals surface area contributed by atoms with Gasteiger partial charge in [0.2, 0.25) is 0 Å². The van der Waals surface area contributed by atoms with Crippen LogP contribution in [0.15, 0.2) is 42.5 Å². The lowest BCUT2D eigenvalue weighted by Crippen LogP contribution is -2.34. The monoisotopic (exact) mass is 282 g/mol. The van der Waals surface area contributed by atoms with E-state index in [1.54, 1.807) is 49.4 Å². The van der Waals surface area contributed by atoms with Gasteiger partial charge in [0.05, 0.1) is 5.69 Å². The van der Waals surface area contributed by atoms with Crippen LogP contribution in [0.1, 0.15) is 22.8 Å². The summed E-state index contributed by atoms with van der Waals surface area (Å²) in [6, 6.07) is 11.8. The van der Waals surface area contributed by atoms with Crippen LogP contribution in [0.2, 0.25) is 0 Å². The summed E-state index contributed by atoms with van der Waals surface area (Å²) in [5.41, 5.74) is 7.70. The molecular formula is C16H14N2O3. The zero-order valence-electron chi connectivity index (χ0n) is 11.4. The Morgan fingerprint density at radius 1 is 1.19 bits per heavy atom. The van der Waals surface area contributed by atoms with Gasteiger partial charge in [-0.15, -0.1) is 0 Å². The van der Waals surface area contributed by atoms with Crippen LogP contribution < -0.4 is 15.8 Å². The van der Waals surface area contributed by atoms with Gasteiger partial charge in [-0.3, -0.25) is 9.59 Å². The molecule has 106 valence electrons. The Morgan fingerprint density at radius 3 is 2.71 bits per heavy atom. The van der Waals surface area contributed by atoms with Gasteiger partial charge in [0, 0.05) is 16.8 Å². The van der Waals surface area contributed by atoms with Gasteiger partial charge >= 0.3 is 0 Å². The molecule has 21 heavy (non-hydrogen) atoms. The highest BCUT2D eigenvalue weighted by molar-refractivity contribution is 6.10. The minimum atomic E-state index is -0.534. The number of nitrogens with one attached hydrogen (secondary N) is 1. The molecule has 5 nitrogen and oxygen atoms in total. The molecule has 0 aromatic heterocycles. The highest BCUT2D eigenvalue weighted by Gasteiger charge is 2.24. The number of amides is 1. The van der Waals surface area contributed by atoms with E-state index < -0.39 is 6.10 Å². The van der Waals surface area contributed by atoms with Gasteiger partial charge in [-0.2, -0.15) is 0 Å². The van der Waals surface area contributed by atoms with E-state index in [0.717, 1.165) is 0 Å². The number of hydrogen-bond donors (Lipinski definition) is 2. The molecular weight excluding hydrogens is 268 g/mol. The number of nitrogens with two attached hydrogens (primary N) is 1. The summed E-state index contributed by atoms with van der Waals surface area (Å²) < 4.78 is 5.46. The summed E-state index contributed by atoms with van der Waals surface area (Å²) in [5, 5.41) is 2.73. The van der Waals surface area contributed by atoms with Crippen molar-refractivity contribution in [2.24, 2.45) is 0 Å². The Hall–Kier alpha value is -2.82. The van der Waals surface area contributed by atoms with Crippen LogP contribution in [0, 0.1) is 0 Å². The number of carbonyl (C=O) groups excluding carboxylic acids is 2. The maximum absolute atomic E-state index is 12.4. The van der Waals surface area contributed by atoms with E-state index in [9.17, 15) is 9.59 Å². The van der Waals surface area contributed by atoms with Gasteiger partial charge < -0.3 is 15.8 Å². The van der Waals surface area contributed by atoms with Crippen molar-refractivity contribution in [1.82, 2.24) is 0 Å². The lowest BCUT2D eigenvalue weighted by atomic mass is 10.0. The average Bonchev–Trinajstić information content (AvgIpc) is 2.47. The largest absolute Gasteiger partial charge is 0.479 e. The normalized spacial score (nSPS) is 16.6. The van der Waals surface area contributed by atoms with Crippen molar-refractivity contribution < 1.29 is 14.3 Å². The first-order chi connectivity index (χ1) is 10.0. The third-order valence-electron chi connectivity index (χ3n) is 3.32. The summed E-state index contributed by atoms with van der Waals surface area (Å²) in [6.07, 6.45) is -0.534. The van der Waals surface area contributed by atoms with Crippen LogP contribution in [0.3, 0.4) is 0 Å². The molecule has 3 N–H and O–H groups in total. The first-order valence-electron chi connectivity index (χ1n) is 6.56. The van der Waals surface area contributed by atoms with E-state index in [0.29, 0.717) is 28.3 Å². The number of anilines is 2. The maximum atomic E-state index is 12.4. The van der Waals surface area contributed by atoms with Crippen molar-refractivity contribution in [3.63, 3.8) is 0 Å². The molecule has 1 amide bonds. The van der Waals surface area contributed by atoms with Gasteiger partial charge in [-0.1, -0.05) is 12.1 Å². The number of fused-ring (bicyclic) bond motifs is 1. The Labute approximate surface area is 121 Å². The van der Waals surface area contributed by atoms with Crippen LogP contribution in [-0.4, -0.2) is 17.8 Å². The SMILES string of the molecule is CC1Oc2ccc(C(=O)c3cccc(N)c3)cc2NC1=O. The Morgan fingerprint density at radius 2 is 1.95 bits per heavy atom. The summed E-state index contributed by atoms with van der Waals surface area (Å²) in [6.45, 7) is 1.67. The highest BCUT2D eigenvalue weighted by atomic mass is 16.5. The van der Waals surface area contributed by atoms with E-state index >= 15 is 0 Å². The lowest BCUT2D eigenvalue weighted by molar-refractivity contribution is -0.122. The molecule has 0 saturated carbocycles. The molecule has 0 saturated heterocycles. The van der Waals surface area contributed by atoms with Gasteiger partial charge in [0.25, 0.3) is 5.91 Å². The average molecular weight is 282 g/mol. The van der Waals surface area contributed by atoms with Crippen molar-refractivity contribution >= 4 is 23.1 Å². The van der Waals surface area contributed by atoms with Crippen molar-refractivity contribution in [1.29, 1.82) is 0 Å². The molecule has 1 aliphatic rings. The fourth-order valence-electron chi connectivity index (χ4n) is 2.20. The first kappa shape index (κ1) is 13.2. The zero-order valence-corrected chi connectivity index (χ0v) is 11.4. The Balaban J connectivity index is 1.96. The summed E-state index contributed by atoms with van der Waals surface area (Å²) in [5.74, 6) is 0.181. The van der Waals surface area contributed by atoms with E-state index in [1.165, 1.54) is 0 Å². The van der Waals surface area contributed by atoms with E-state index in [2.05, 4.69) is 5.32 Å². The molecule has 2 aromatic rings. The van der Waals surface area contributed by atoms with Crippen LogP contribution in [0.5, 0.6) is 5.75 Å². The van der Waals surface area contributed by atoms with Gasteiger partial charge in [-0.05, 0) is 37.3 Å². The number of benzene rings is 2. The van der Waals surface area contributed by atoms with Crippen molar-refractivity contribution in [3.8, 4) is 5.75 Å². The standard InChI is InChI=1S/C16H14N2O3/c1-9-16(20)18-13-8-11(5-6-14(13)21-9)15(19)10-3-2-4-12(17)7-10/h2-9H,17H2,1H3,(H,18,20). The molecule has 0 spiro atoms. The molecule has 2 aromatic carbocycles. The molecule has 1 heterocycles. The van der Waals surface area contributed by atoms with Gasteiger partial charge in [-0.25, -0.2) is 0 Å². The van der Waals surface area contributed by atoms with E-state index in [4.69, 9.17) is 10.5 Å². The predicted molar refractivity (Wildman–Crippen MR) is 79.4 cm³/mol. The molecule has 0 aliphatic carbocycles. The fourth-order valence-corrected chi connectivity index (χ4v) is 2.20. The van der Waals surface area contributed by atoms with Crippen molar-refractivity contribution in [2.45, 2.75) is 13.0 Å². The van der Waals surface area contributed by atoms with Gasteiger partial charge in [0.15, 0.2) is 11.9 Å². The molecule has 5 heteroatoms. The number of ether oxygens (including phenoxy) is 1. The number of rotatable bonds is 2. The van der Waals surface area contributed by atoms with E-state index in [-0.39, 0.29) is 11.7 Å². The Bertz CT molecular complexity index is 740. The molecule has 0 fully saturated rings. The number of ketones is 1. The van der Waals surface area contributed by atoms with E-state index in [1.807, 2.05) is 0 Å². The molecule has 1 atom stereocenters. The maximum Gasteiger partial charge on any atom is 0.265 e. The molecule has 0 radical (unpaired) electrons. The van der Waals surface area contributed by atoms with Gasteiger partial charge in [0.1, 0.15) is 5.75 Å².